The van der Waals surface area contributed by atoms with Crippen LogP contribution >= 0.6 is 0 Å². The highest BCUT2D eigenvalue weighted by Gasteiger charge is 2.22. The topological polar surface area (TPSA) is 115 Å². The molecule has 8 heteroatoms. The molecule has 0 saturated heterocycles. The van der Waals surface area contributed by atoms with Gasteiger partial charge in [-0.3, -0.25) is 4.79 Å². The van der Waals surface area contributed by atoms with Crippen molar-refractivity contribution in [3.63, 3.8) is 0 Å². The third kappa shape index (κ3) is 3.67. The van der Waals surface area contributed by atoms with Gasteiger partial charge in [0, 0.05) is 13.0 Å². The summed E-state index contributed by atoms with van der Waals surface area (Å²) in [6.45, 7) is 3.01. The number of hydrogen-bond acceptors (Lipinski definition) is 4. The monoisotopic (exact) mass is 303 g/mol. The van der Waals surface area contributed by atoms with E-state index in [-0.39, 0.29) is 34.7 Å². The third-order valence-electron chi connectivity index (χ3n) is 2.86. The Morgan fingerprint density at radius 3 is 2.55 bits per heavy atom. The number of carbonyl (C=O) groups excluding carboxylic acids is 1. The lowest BCUT2D eigenvalue weighted by molar-refractivity contribution is -0.118. The van der Waals surface area contributed by atoms with Crippen molar-refractivity contribution >= 4 is 21.6 Å². The number of carbonyl (C=O) groups is 1. The van der Waals surface area contributed by atoms with Crippen LogP contribution in [-0.4, -0.2) is 20.9 Å². The number of halogens is 1. The highest BCUT2D eigenvalue weighted by molar-refractivity contribution is 7.89. The Morgan fingerprint density at radius 2 is 2.00 bits per heavy atom. The summed E-state index contributed by atoms with van der Waals surface area (Å²) in [6.07, 6.45) is 0.384. The van der Waals surface area contributed by atoms with Crippen LogP contribution in [0.3, 0.4) is 0 Å². The lowest BCUT2D eigenvalue weighted by Gasteiger charge is -2.14. The molecule has 0 aliphatic heterocycles. The average Bonchev–Trinajstić information content (AvgIpc) is 2.31. The molecule has 112 valence electrons. The van der Waals surface area contributed by atoms with Gasteiger partial charge in [0.25, 0.3) is 0 Å². The molecule has 0 aliphatic carbocycles. The van der Waals surface area contributed by atoms with Gasteiger partial charge in [0.1, 0.15) is 5.82 Å². The first kappa shape index (κ1) is 16.4. The maximum atomic E-state index is 13.4. The Balaban J connectivity index is 2.99. The highest BCUT2D eigenvalue weighted by Crippen LogP contribution is 2.27. The first-order valence-corrected chi connectivity index (χ1v) is 7.48. The lowest BCUT2D eigenvalue weighted by Crippen LogP contribution is -2.27. The van der Waals surface area contributed by atoms with E-state index in [4.69, 9.17) is 11.5 Å². The highest BCUT2D eigenvalue weighted by atomic mass is 32.2. The molecule has 0 spiro atoms. The van der Waals surface area contributed by atoms with Crippen molar-refractivity contribution in [1.29, 1.82) is 0 Å². The van der Waals surface area contributed by atoms with E-state index < -0.39 is 21.7 Å². The largest absolute Gasteiger partial charge is 0.396 e. The molecule has 1 rings (SSSR count). The summed E-state index contributed by atoms with van der Waals surface area (Å²) in [6, 6.07) is 1.08. The van der Waals surface area contributed by atoms with Gasteiger partial charge in [0.15, 0.2) is 0 Å². The molecule has 0 atom stereocenters. The Hall–Kier alpha value is -1.67. The third-order valence-corrected chi connectivity index (χ3v) is 4.61. The molecule has 0 radical (unpaired) electrons. The van der Waals surface area contributed by atoms with Gasteiger partial charge >= 0.3 is 0 Å². The fourth-order valence-electron chi connectivity index (χ4n) is 1.89. The molecule has 0 fully saturated rings. The number of nitrogens with one attached hydrogen (secondary N) is 1. The summed E-state index contributed by atoms with van der Waals surface area (Å²) in [7, 11) is -3.81. The van der Waals surface area contributed by atoms with Crippen LogP contribution in [0.1, 0.15) is 24.0 Å². The molecule has 0 aliphatic rings. The smallest absolute Gasteiger partial charge is 0.241 e. The van der Waals surface area contributed by atoms with Crippen molar-refractivity contribution in [3.8, 4) is 0 Å². The molecule has 20 heavy (non-hydrogen) atoms. The second-order valence-electron chi connectivity index (χ2n) is 4.51. The van der Waals surface area contributed by atoms with Crippen molar-refractivity contribution in [3.05, 3.63) is 23.0 Å². The number of nitrogens with two attached hydrogens (primary N) is 2. The van der Waals surface area contributed by atoms with Crippen molar-refractivity contribution in [2.75, 3.05) is 12.3 Å². The van der Waals surface area contributed by atoms with Gasteiger partial charge in [-0.2, -0.15) is 0 Å². The maximum Gasteiger partial charge on any atom is 0.241 e. The van der Waals surface area contributed by atoms with Gasteiger partial charge in [-0.05, 0) is 37.5 Å². The Labute approximate surface area is 117 Å². The zero-order valence-corrected chi connectivity index (χ0v) is 12.2. The van der Waals surface area contributed by atoms with Crippen LogP contribution in [0.5, 0.6) is 0 Å². The van der Waals surface area contributed by atoms with E-state index in [1.807, 2.05) is 0 Å². The molecule has 5 N–H and O–H groups in total. The summed E-state index contributed by atoms with van der Waals surface area (Å²) in [5.41, 5.74) is 10.7. The number of anilines is 1. The molecule has 0 saturated carbocycles. The van der Waals surface area contributed by atoms with Crippen molar-refractivity contribution in [1.82, 2.24) is 4.72 Å². The Bertz CT molecular complexity index is 629. The van der Waals surface area contributed by atoms with Crippen LogP contribution in [0.4, 0.5) is 10.1 Å². The van der Waals surface area contributed by atoms with Gasteiger partial charge in [0.2, 0.25) is 15.9 Å². The normalized spacial score (nSPS) is 11.6. The number of rotatable bonds is 6. The molecule has 1 amide bonds. The number of hydrogen-bond donors (Lipinski definition) is 3. The zero-order chi connectivity index (χ0) is 15.5. The van der Waals surface area contributed by atoms with E-state index in [2.05, 4.69) is 4.72 Å². The minimum Gasteiger partial charge on any atom is -0.396 e. The van der Waals surface area contributed by atoms with E-state index in [0.29, 0.717) is 6.42 Å². The number of nitrogen functional groups attached to an aromatic ring is 1. The molecule has 0 heterocycles. The predicted octanol–water partition coefficient (Wildman–Crippen LogP) is 0.569. The van der Waals surface area contributed by atoms with Gasteiger partial charge in [-0.15, -0.1) is 0 Å². The summed E-state index contributed by atoms with van der Waals surface area (Å²) in [5.74, 6) is -1.14. The number of amides is 1. The lowest BCUT2D eigenvalue weighted by atomic mass is 10.1. The van der Waals surface area contributed by atoms with E-state index in [1.54, 1.807) is 0 Å². The molecule has 6 nitrogen and oxygen atoms in total. The summed E-state index contributed by atoms with van der Waals surface area (Å²) >= 11 is 0. The fourth-order valence-corrected chi connectivity index (χ4v) is 3.44. The molecular weight excluding hydrogens is 285 g/mol. The van der Waals surface area contributed by atoms with Crippen LogP contribution in [0.25, 0.3) is 0 Å². The second kappa shape index (κ2) is 6.19. The zero-order valence-electron chi connectivity index (χ0n) is 11.4. The molecule has 0 bridgehead atoms. The van der Waals surface area contributed by atoms with Crippen molar-refractivity contribution in [2.45, 2.75) is 31.6 Å². The maximum absolute atomic E-state index is 13.4. The van der Waals surface area contributed by atoms with Crippen molar-refractivity contribution in [2.24, 2.45) is 5.73 Å². The summed E-state index contributed by atoms with van der Waals surface area (Å²) in [4.78, 5) is 10.5. The van der Waals surface area contributed by atoms with Gasteiger partial charge in [-0.1, -0.05) is 0 Å². The molecule has 0 unspecified atom stereocenters. The van der Waals surface area contributed by atoms with Crippen LogP contribution in [0.15, 0.2) is 11.0 Å². The fraction of sp³-hybridized carbons (Fsp3) is 0.417. The van der Waals surface area contributed by atoms with Crippen LogP contribution in [0, 0.1) is 19.7 Å². The average molecular weight is 303 g/mol. The number of benzene rings is 1. The first-order valence-electron chi connectivity index (χ1n) is 6.00. The van der Waals surface area contributed by atoms with E-state index in [0.717, 1.165) is 6.07 Å². The molecule has 1 aromatic carbocycles. The van der Waals surface area contributed by atoms with Crippen molar-refractivity contribution < 1.29 is 17.6 Å². The standard InChI is InChI=1S/C12H18FN3O3S/c1-7-6-9(13)11(15)8(2)12(7)20(18,19)16-5-3-4-10(14)17/h6,16H,3-5,15H2,1-2H3,(H2,14,17). The SMILES string of the molecule is Cc1cc(F)c(N)c(C)c1S(=O)(=O)NCCCC(N)=O. The van der Waals surface area contributed by atoms with E-state index >= 15 is 0 Å². The Kier molecular flexibility index (Phi) is 5.07. The van der Waals surface area contributed by atoms with Gasteiger partial charge in [0.05, 0.1) is 10.6 Å². The van der Waals surface area contributed by atoms with Crippen LogP contribution < -0.4 is 16.2 Å². The van der Waals surface area contributed by atoms with Crippen LogP contribution in [0.2, 0.25) is 0 Å². The quantitative estimate of drug-likeness (QED) is 0.526. The number of aryl methyl sites for hydroxylation is 1. The molecule has 1 aromatic rings. The van der Waals surface area contributed by atoms with E-state index in [9.17, 15) is 17.6 Å². The minimum absolute atomic E-state index is 0.0320. The molecular formula is C12H18FN3O3S. The predicted molar refractivity (Wildman–Crippen MR) is 73.9 cm³/mol. The first-order chi connectivity index (χ1) is 9.16. The van der Waals surface area contributed by atoms with Crippen LogP contribution in [-0.2, 0) is 14.8 Å². The second-order valence-corrected chi connectivity index (χ2v) is 6.21. The van der Waals surface area contributed by atoms with Gasteiger partial charge < -0.3 is 11.5 Å². The summed E-state index contributed by atoms with van der Waals surface area (Å²) < 4.78 is 40.1. The Morgan fingerprint density at radius 1 is 1.40 bits per heavy atom. The number of primary amides is 1. The van der Waals surface area contributed by atoms with E-state index in [1.165, 1.54) is 13.8 Å². The summed E-state index contributed by atoms with van der Waals surface area (Å²) in [5, 5.41) is 0. The van der Waals surface area contributed by atoms with Gasteiger partial charge in [-0.25, -0.2) is 17.5 Å². The molecule has 0 aromatic heterocycles. The minimum atomic E-state index is -3.81. The number of sulfonamides is 1.